The van der Waals surface area contributed by atoms with Gasteiger partial charge in [0.2, 0.25) is 0 Å². The fraction of sp³-hybridized carbons (Fsp3) is 0.444. The lowest BCUT2D eigenvalue weighted by Crippen LogP contribution is -2.33. The number of nitrogens with zero attached hydrogens (tertiary/aromatic N) is 2. The first-order valence-electron chi connectivity index (χ1n) is 4.18. The molecule has 1 heterocycles. The first-order valence-corrected chi connectivity index (χ1v) is 4.97. The van der Waals surface area contributed by atoms with E-state index >= 15 is 0 Å². The van der Waals surface area contributed by atoms with Crippen LogP contribution in [0.2, 0.25) is 0 Å². The van der Waals surface area contributed by atoms with Gasteiger partial charge in [-0.05, 0) is 35.0 Å². The molecule has 13 heavy (non-hydrogen) atoms. The zero-order valence-electron chi connectivity index (χ0n) is 7.87. The Bertz CT molecular complexity index is 258. The van der Waals surface area contributed by atoms with Crippen LogP contribution in [0.5, 0.6) is 0 Å². The number of pyridine rings is 1. The minimum Gasteiger partial charge on any atom is -0.358 e. The van der Waals surface area contributed by atoms with Crippen molar-refractivity contribution in [2.75, 3.05) is 18.5 Å². The molecule has 1 unspecified atom stereocenters. The van der Waals surface area contributed by atoms with Gasteiger partial charge < -0.3 is 10.6 Å². The van der Waals surface area contributed by atoms with Crippen LogP contribution in [-0.2, 0) is 0 Å². The molecule has 0 saturated carbocycles. The van der Waals surface area contributed by atoms with Crippen molar-refractivity contribution in [3.63, 3.8) is 0 Å². The van der Waals surface area contributed by atoms with E-state index in [0.717, 1.165) is 16.8 Å². The van der Waals surface area contributed by atoms with Gasteiger partial charge in [0, 0.05) is 30.3 Å². The van der Waals surface area contributed by atoms with Crippen LogP contribution in [0.3, 0.4) is 0 Å². The molecule has 2 N–H and O–H groups in total. The summed E-state index contributed by atoms with van der Waals surface area (Å²) in [6.07, 6.45) is 1.78. The lowest BCUT2D eigenvalue weighted by atomic mass is 10.3. The Morgan fingerprint density at radius 1 is 1.62 bits per heavy atom. The SMILES string of the molecule is CC(N)CN(C)c1ccc(Br)cn1. The van der Waals surface area contributed by atoms with Crippen molar-refractivity contribution in [1.29, 1.82) is 0 Å². The molecule has 72 valence electrons. The number of rotatable bonds is 3. The molecule has 0 radical (unpaired) electrons. The van der Waals surface area contributed by atoms with E-state index in [1.807, 2.05) is 31.0 Å². The molecule has 0 saturated heterocycles. The number of hydrogen-bond donors (Lipinski definition) is 1. The van der Waals surface area contributed by atoms with Crippen LogP contribution in [0.25, 0.3) is 0 Å². The Kier molecular flexibility index (Phi) is 3.69. The van der Waals surface area contributed by atoms with Crippen LogP contribution < -0.4 is 10.6 Å². The molecule has 0 fully saturated rings. The molecule has 1 aromatic heterocycles. The third kappa shape index (κ3) is 3.32. The molecule has 0 aliphatic rings. The van der Waals surface area contributed by atoms with Gasteiger partial charge >= 0.3 is 0 Å². The van der Waals surface area contributed by atoms with Crippen LogP contribution in [0.15, 0.2) is 22.8 Å². The van der Waals surface area contributed by atoms with Crippen molar-refractivity contribution in [3.05, 3.63) is 22.8 Å². The third-order valence-corrected chi connectivity index (χ3v) is 2.13. The van der Waals surface area contributed by atoms with Crippen molar-refractivity contribution in [3.8, 4) is 0 Å². The second-order valence-corrected chi connectivity index (χ2v) is 4.11. The van der Waals surface area contributed by atoms with Crippen LogP contribution in [-0.4, -0.2) is 24.6 Å². The molecular weight excluding hydrogens is 230 g/mol. The molecule has 1 rings (SSSR count). The number of nitrogens with two attached hydrogens (primary N) is 1. The summed E-state index contributed by atoms with van der Waals surface area (Å²) in [5.41, 5.74) is 5.68. The molecule has 0 amide bonds. The van der Waals surface area contributed by atoms with Crippen molar-refractivity contribution in [1.82, 2.24) is 4.98 Å². The highest BCUT2D eigenvalue weighted by Crippen LogP contribution is 2.13. The van der Waals surface area contributed by atoms with Crippen molar-refractivity contribution in [2.45, 2.75) is 13.0 Å². The van der Waals surface area contributed by atoms with Crippen molar-refractivity contribution in [2.24, 2.45) is 5.73 Å². The lowest BCUT2D eigenvalue weighted by molar-refractivity contribution is 0.712. The standard InChI is InChI=1S/C9H14BrN3/c1-7(11)6-13(2)9-4-3-8(10)5-12-9/h3-5,7H,6,11H2,1-2H3. The Labute approximate surface area is 87.1 Å². The molecule has 1 aromatic rings. The first-order chi connectivity index (χ1) is 6.09. The topological polar surface area (TPSA) is 42.1 Å². The average molecular weight is 244 g/mol. The summed E-state index contributed by atoms with van der Waals surface area (Å²) < 4.78 is 0.991. The molecular formula is C9H14BrN3. The van der Waals surface area contributed by atoms with E-state index < -0.39 is 0 Å². The van der Waals surface area contributed by atoms with Gasteiger partial charge in [0.1, 0.15) is 5.82 Å². The number of aromatic nitrogens is 1. The summed E-state index contributed by atoms with van der Waals surface area (Å²) in [5, 5.41) is 0. The predicted molar refractivity (Wildman–Crippen MR) is 58.9 cm³/mol. The second kappa shape index (κ2) is 4.58. The lowest BCUT2D eigenvalue weighted by Gasteiger charge is -2.19. The van der Waals surface area contributed by atoms with Gasteiger partial charge in [-0.15, -0.1) is 0 Å². The molecule has 0 bridgehead atoms. The minimum atomic E-state index is 0.162. The molecule has 3 nitrogen and oxygen atoms in total. The fourth-order valence-corrected chi connectivity index (χ4v) is 1.35. The van der Waals surface area contributed by atoms with Gasteiger partial charge in [0.15, 0.2) is 0 Å². The first kappa shape index (κ1) is 10.5. The van der Waals surface area contributed by atoms with Gasteiger partial charge in [-0.3, -0.25) is 0 Å². The number of anilines is 1. The third-order valence-electron chi connectivity index (χ3n) is 1.66. The summed E-state index contributed by atoms with van der Waals surface area (Å²) in [6, 6.07) is 4.10. The van der Waals surface area contributed by atoms with Gasteiger partial charge in [0.05, 0.1) is 0 Å². The number of likely N-dealkylation sites (N-methyl/N-ethyl adjacent to an activating group) is 1. The van der Waals surface area contributed by atoms with Gasteiger partial charge in [-0.1, -0.05) is 0 Å². The van der Waals surface area contributed by atoms with E-state index in [-0.39, 0.29) is 6.04 Å². The maximum atomic E-state index is 5.68. The zero-order valence-corrected chi connectivity index (χ0v) is 9.45. The van der Waals surface area contributed by atoms with E-state index in [9.17, 15) is 0 Å². The summed E-state index contributed by atoms with van der Waals surface area (Å²) >= 11 is 3.34. The normalized spacial score (nSPS) is 12.6. The van der Waals surface area contributed by atoms with Crippen molar-refractivity contribution < 1.29 is 0 Å². The van der Waals surface area contributed by atoms with E-state index in [4.69, 9.17) is 5.73 Å². The molecule has 0 aliphatic carbocycles. The van der Waals surface area contributed by atoms with E-state index in [2.05, 4.69) is 20.9 Å². The minimum absolute atomic E-state index is 0.162. The molecule has 4 heteroatoms. The average Bonchev–Trinajstić information content (AvgIpc) is 2.04. The van der Waals surface area contributed by atoms with Gasteiger partial charge in [-0.2, -0.15) is 0 Å². The highest BCUT2D eigenvalue weighted by molar-refractivity contribution is 9.10. The van der Waals surface area contributed by atoms with Gasteiger partial charge in [0.25, 0.3) is 0 Å². The van der Waals surface area contributed by atoms with E-state index in [1.54, 1.807) is 6.20 Å². The predicted octanol–water partition coefficient (Wildman–Crippen LogP) is 1.63. The van der Waals surface area contributed by atoms with Crippen LogP contribution in [0.1, 0.15) is 6.92 Å². The van der Waals surface area contributed by atoms with Crippen molar-refractivity contribution >= 4 is 21.7 Å². The Morgan fingerprint density at radius 2 is 2.31 bits per heavy atom. The summed E-state index contributed by atoms with van der Waals surface area (Å²) in [4.78, 5) is 6.29. The summed E-state index contributed by atoms with van der Waals surface area (Å²) in [7, 11) is 1.99. The second-order valence-electron chi connectivity index (χ2n) is 3.19. The van der Waals surface area contributed by atoms with E-state index in [1.165, 1.54) is 0 Å². The van der Waals surface area contributed by atoms with E-state index in [0.29, 0.717) is 0 Å². The summed E-state index contributed by atoms with van der Waals surface area (Å²) in [6.45, 7) is 2.80. The van der Waals surface area contributed by atoms with Gasteiger partial charge in [-0.25, -0.2) is 4.98 Å². The maximum Gasteiger partial charge on any atom is 0.128 e. The molecule has 0 aromatic carbocycles. The molecule has 1 atom stereocenters. The number of halogens is 1. The zero-order chi connectivity index (χ0) is 9.84. The highest BCUT2D eigenvalue weighted by Gasteiger charge is 2.03. The maximum absolute atomic E-state index is 5.68. The number of hydrogen-bond acceptors (Lipinski definition) is 3. The Balaban J connectivity index is 2.66. The summed E-state index contributed by atoms with van der Waals surface area (Å²) in [5.74, 6) is 0.945. The van der Waals surface area contributed by atoms with Crippen LogP contribution in [0, 0.1) is 0 Å². The largest absolute Gasteiger partial charge is 0.358 e. The Morgan fingerprint density at radius 3 is 2.77 bits per heavy atom. The smallest absolute Gasteiger partial charge is 0.128 e. The monoisotopic (exact) mass is 243 g/mol. The molecule has 0 aliphatic heterocycles. The fourth-order valence-electron chi connectivity index (χ4n) is 1.12. The van der Waals surface area contributed by atoms with Crippen LogP contribution in [0.4, 0.5) is 5.82 Å². The van der Waals surface area contributed by atoms with Crippen LogP contribution >= 0.6 is 15.9 Å². The quantitative estimate of drug-likeness (QED) is 0.878. The Hall–Kier alpha value is -0.610. The highest BCUT2D eigenvalue weighted by atomic mass is 79.9. The molecule has 0 spiro atoms.